The van der Waals surface area contributed by atoms with Crippen LogP contribution in [0.1, 0.15) is 22.3 Å². The van der Waals surface area contributed by atoms with Gasteiger partial charge in [0.05, 0.1) is 5.41 Å². The summed E-state index contributed by atoms with van der Waals surface area (Å²) in [5, 5.41) is 6.09. The minimum atomic E-state index is -0.432. The first kappa shape index (κ1) is 25.6. The zero-order valence-corrected chi connectivity index (χ0v) is 24.6. The van der Waals surface area contributed by atoms with Gasteiger partial charge in [-0.05, 0) is 75.3 Å². The van der Waals surface area contributed by atoms with Crippen LogP contribution in [0.4, 0.5) is 11.4 Å². The summed E-state index contributed by atoms with van der Waals surface area (Å²) in [4.78, 5) is 0. The number of hydrogen-bond acceptors (Lipinski definition) is 2. The number of para-hydroxylation sites is 2. The van der Waals surface area contributed by atoms with Crippen LogP contribution < -0.4 is 5.32 Å². The molecule has 1 aliphatic carbocycles. The van der Waals surface area contributed by atoms with Crippen molar-refractivity contribution in [1.29, 1.82) is 0 Å². The minimum Gasteiger partial charge on any atom is -0.456 e. The molecule has 212 valence electrons. The van der Waals surface area contributed by atoms with Crippen molar-refractivity contribution in [2.75, 3.05) is 5.32 Å². The van der Waals surface area contributed by atoms with Crippen molar-refractivity contribution in [3.8, 4) is 22.3 Å². The smallest absolute Gasteiger partial charge is 0.135 e. The van der Waals surface area contributed by atoms with E-state index in [1.165, 1.54) is 33.4 Å². The standard InChI is InChI=1S/C43H29NO/c1-3-13-30(14-4-1)43(31-15-5-2-6-16-31)38-20-10-7-18-34(38)35-25-24-32(28-39(35)43)44-40-21-11-8-17-33(40)29-23-26-42-37(27-29)36-19-9-12-22-41(36)45-42/h1-28,44H. The predicted octanol–water partition coefficient (Wildman–Crippen LogP) is 11.4. The van der Waals surface area contributed by atoms with E-state index in [4.69, 9.17) is 4.42 Å². The first-order valence-electron chi connectivity index (χ1n) is 15.4. The zero-order chi connectivity index (χ0) is 29.8. The third-order valence-corrected chi connectivity index (χ3v) is 9.35. The van der Waals surface area contributed by atoms with E-state index < -0.39 is 5.41 Å². The van der Waals surface area contributed by atoms with Crippen LogP contribution in [-0.2, 0) is 5.41 Å². The van der Waals surface area contributed by atoms with Crippen molar-refractivity contribution in [2.24, 2.45) is 0 Å². The molecule has 0 saturated heterocycles. The van der Waals surface area contributed by atoms with E-state index in [1.54, 1.807) is 0 Å². The Morgan fingerprint density at radius 1 is 0.422 bits per heavy atom. The number of nitrogens with one attached hydrogen (secondary N) is 1. The molecule has 8 aromatic rings. The number of anilines is 2. The highest BCUT2D eigenvalue weighted by atomic mass is 16.3. The largest absolute Gasteiger partial charge is 0.456 e. The summed E-state index contributed by atoms with van der Waals surface area (Å²) in [6.07, 6.45) is 0. The molecule has 0 atom stereocenters. The van der Waals surface area contributed by atoms with Gasteiger partial charge >= 0.3 is 0 Å². The van der Waals surface area contributed by atoms with Crippen LogP contribution in [0.2, 0.25) is 0 Å². The zero-order valence-electron chi connectivity index (χ0n) is 24.6. The molecule has 0 bridgehead atoms. The molecule has 0 amide bonds. The summed E-state index contributed by atoms with van der Waals surface area (Å²) in [6.45, 7) is 0. The van der Waals surface area contributed by atoms with Gasteiger partial charge in [0.2, 0.25) is 0 Å². The Morgan fingerprint density at radius 3 is 1.84 bits per heavy atom. The Bertz CT molecular complexity index is 2310. The van der Waals surface area contributed by atoms with Gasteiger partial charge in [0.15, 0.2) is 0 Å². The average Bonchev–Trinajstić information content (AvgIpc) is 3.62. The number of hydrogen-bond donors (Lipinski definition) is 1. The predicted molar refractivity (Wildman–Crippen MR) is 186 cm³/mol. The minimum absolute atomic E-state index is 0.432. The molecule has 2 nitrogen and oxygen atoms in total. The average molecular weight is 576 g/mol. The second-order valence-corrected chi connectivity index (χ2v) is 11.8. The van der Waals surface area contributed by atoms with Gasteiger partial charge in [-0.2, -0.15) is 0 Å². The Labute approximate surface area is 262 Å². The lowest BCUT2D eigenvalue weighted by molar-refractivity contribution is 0.669. The van der Waals surface area contributed by atoms with Crippen LogP contribution in [0.25, 0.3) is 44.2 Å². The van der Waals surface area contributed by atoms with E-state index in [-0.39, 0.29) is 0 Å². The van der Waals surface area contributed by atoms with Gasteiger partial charge in [-0.15, -0.1) is 0 Å². The van der Waals surface area contributed by atoms with Gasteiger partial charge in [0.1, 0.15) is 11.2 Å². The summed E-state index contributed by atoms with van der Waals surface area (Å²) in [5.41, 5.74) is 13.5. The summed E-state index contributed by atoms with van der Waals surface area (Å²) < 4.78 is 6.12. The molecule has 0 saturated carbocycles. The fourth-order valence-corrected chi connectivity index (χ4v) is 7.42. The number of furan rings is 1. The van der Waals surface area contributed by atoms with Gasteiger partial charge in [0, 0.05) is 27.7 Å². The molecule has 0 radical (unpaired) electrons. The van der Waals surface area contributed by atoms with Crippen molar-refractivity contribution < 1.29 is 4.42 Å². The van der Waals surface area contributed by atoms with Crippen LogP contribution in [0, 0.1) is 0 Å². The van der Waals surface area contributed by atoms with Crippen LogP contribution in [-0.4, -0.2) is 0 Å². The van der Waals surface area contributed by atoms with Gasteiger partial charge in [-0.25, -0.2) is 0 Å². The molecule has 1 aromatic heterocycles. The molecule has 0 unspecified atom stereocenters. The SMILES string of the molecule is c1ccc(C2(c3ccccc3)c3ccccc3-c3ccc(Nc4ccccc4-c4ccc5oc6ccccc6c5c4)cc32)cc1. The highest BCUT2D eigenvalue weighted by Crippen LogP contribution is 2.56. The Kier molecular flexibility index (Phi) is 5.76. The molecule has 1 N–H and O–H groups in total. The number of rotatable bonds is 5. The first-order chi connectivity index (χ1) is 22.3. The molecule has 0 aliphatic heterocycles. The third-order valence-electron chi connectivity index (χ3n) is 9.35. The van der Waals surface area contributed by atoms with Crippen molar-refractivity contribution in [3.05, 3.63) is 192 Å². The van der Waals surface area contributed by atoms with Crippen LogP contribution in [0.3, 0.4) is 0 Å². The summed E-state index contributed by atoms with van der Waals surface area (Å²) >= 11 is 0. The normalized spacial score (nSPS) is 13.1. The van der Waals surface area contributed by atoms with Crippen molar-refractivity contribution in [3.63, 3.8) is 0 Å². The lowest BCUT2D eigenvalue weighted by atomic mass is 9.67. The van der Waals surface area contributed by atoms with Crippen LogP contribution in [0.5, 0.6) is 0 Å². The molecule has 9 rings (SSSR count). The first-order valence-corrected chi connectivity index (χ1v) is 15.4. The molecule has 0 fully saturated rings. The topological polar surface area (TPSA) is 25.2 Å². The number of fused-ring (bicyclic) bond motifs is 6. The Balaban J connectivity index is 1.20. The monoisotopic (exact) mass is 575 g/mol. The summed E-state index contributed by atoms with van der Waals surface area (Å²) in [6, 6.07) is 60.9. The summed E-state index contributed by atoms with van der Waals surface area (Å²) in [5.74, 6) is 0. The Morgan fingerprint density at radius 2 is 1.04 bits per heavy atom. The third kappa shape index (κ3) is 3.89. The Hall–Kier alpha value is -5.86. The highest BCUT2D eigenvalue weighted by Gasteiger charge is 2.46. The second kappa shape index (κ2) is 10.1. The van der Waals surface area contributed by atoms with E-state index >= 15 is 0 Å². The molecular weight excluding hydrogens is 546 g/mol. The molecular formula is C43H29NO. The van der Waals surface area contributed by atoms with E-state index in [9.17, 15) is 0 Å². The lowest BCUT2D eigenvalue weighted by Gasteiger charge is -2.34. The molecule has 2 heteroatoms. The van der Waals surface area contributed by atoms with Gasteiger partial charge in [0.25, 0.3) is 0 Å². The van der Waals surface area contributed by atoms with E-state index in [1.807, 2.05) is 12.1 Å². The molecule has 1 aliphatic rings. The maximum Gasteiger partial charge on any atom is 0.135 e. The van der Waals surface area contributed by atoms with E-state index in [2.05, 4.69) is 163 Å². The van der Waals surface area contributed by atoms with E-state index in [0.29, 0.717) is 0 Å². The maximum absolute atomic E-state index is 6.12. The van der Waals surface area contributed by atoms with Gasteiger partial charge in [-0.1, -0.05) is 133 Å². The molecule has 0 spiro atoms. The molecule has 7 aromatic carbocycles. The second-order valence-electron chi connectivity index (χ2n) is 11.8. The maximum atomic E-state index is 6.12. The van der Waals surface area contributed by atoms with Crippen LogP contribution >= 0.6 is 0 Å². The van der Waals surface area contributed by atoms with Gasteiger partial charge < -0.3 is 9.73 Å². The van der Waals surface area contributed by atoms with E-state index in [0.717, 1.165) is 44.4 Å². The molecule has 1 heterocycles. The van der Waals surface area contributed by atoms with Crippen molar-refractivity contribution >= 4 is 33.3 Å². The van der Waals surface area contributed by atoms with Crippen molar-refractivity contribution in [2.45, 2.75) is 5.41 Å². The van der Waals surface area contributed by atoms with Crippen molar-refractivity contribution in [1.82, 2.24) is 0 Å². The number of benzene rings is 7. The summed E-state index contributed by atoms with van der Waals surface area (Å²) in [7, 11) is 0. The van der Waals surface area contributed by atoms with Crippen LogP contribution in [0.15, 0.2) is 174 Å². The lowest BCUT2D eigenvalue weighted by Crippen LogP contribution is -2.28. The quantitative estimate of drug-likeness (QED) is 0.221. The van der Waals surface area contributed by atoms with Gasteiger partial charge in [-0.3, -0.25) is 0 Å². The fourth-order valence-electron chi connectivity index (χ4n) is 7.42. The highest BCUT2D eigenvalue weighted by molar-refractivity contribution is 6.06. The molecule has 45 heavy (non-hydrogen) atoms. The fraction of sp³-hybridized carbons (Fsp3) is 0.0233.